The van der Waals surface area contributed by atoms with Crippen LogP contribution in [0.15, 0.2) is 24.3 Å². The second-order valence-corrected chi connectivity index (χ2v) is 9.41. The zero-order valence-corrected chi connectivity index (χ0v) is 17.8. The third-order valence-corrected chi connectivity index (χ3v) is 7.19. The van der Waals surface area contributed by atoms with Crippen LogP contribution in [0, 0.1) is 35.5 Å². The molecule has 0 heteroatoms. The molecule has 2 aliphatic rings. The first-order valence-corrected chi connectivity index (χ1v) is 11.8. The topological polar surface area (TPSA) is 0 Å². The molecule has 0 nitrogen and oxygen atoms in total. The van der Waals surface area contributed by atoms with E-state index in [1.165, 1.54) is 94.6 Å². The SMILES string of the molecule is CCCCCCc1ccc(C#C[C@H]2CC[C@H]([C@H]3CC[C@H](C)CC3)CC2)cc1. The average molecular weight is 365 g/mol. The van der Waals surface area contributed by atoms with Crippen LogP contribution in [0.4, 0.5) is 0 Å². The molecule has 0 amide bonds. The fraction of sp³-hybridized carbons (Fsp3) is 0.704. The summed E-state index contributed by atoms with van der Waals surface area (Å²) in [7, 11) is 0. The molecule has 2 fully saturated rings. The minimum atomic E-state index is 0.637. The van der Waals surface area contributed by atoms with Crippen molar-refractivity contribution in [3.63, 3.8) is 0 Å². The van der Waals surface area contributed by atoms with Gasteiger partial charge in [-0.2, -0.15) is 0 Å². The first kappa shape index (κ1) is 20.5. The van der Waals surface area contributed by atoms with E-state index in [4.69, 9.17) is 0 Å². The van der Waals surface area contributed by atoms with Crippen molar-refractivity contribution in [2.24, 2.45) is 23.7 Å². The maximum absolute atomic E-state index is 3.60. The molecule has 3 rings (SSSR count). The molecule has 0 spiro atoms. The Bertz CT molecular complexity index is 583. The number of hydrogen-bond acceptors (Lipinski definition) is 0. The molecule has 0 bridgehead atoms. The van der Waals surface area contributed by atoms with Crippen molar-refractivity contribution in [2.45, 2.75) is 97.3 Å². The summed E-state index contributed by atoms with van der Waals surface area (Å²) in [4.78, 5) is 0. The van der Waals surface area contributed by atoms with Crippen LogP contribution in [-0.2, 0) is 6.42 Å². The Balaban J connectivity index is 1.41. The van der Waals surface area contributed by atoms with E-state index >= 15 is 0 Å². The first-order valence-electron chi connectivity index (χ1n) is 11.8. The Labute approximate surface area is 168 Å². The van der Waals surface area contributed by atoms with Crippen LogP contribution in [0.2, 0.25) is 0 Å². The van der Waals surface area contributed by atoms with Gasteiger partial charge in [0.05, 0.1) is 0 Å². The number of rotatable bonds is 6. The zero-order valence-electron chi connectivity index (χ0n) is 17.8. The van der Waals surface area contributed by atoms with Crippen LogP contribution >= 0.6 is 0 Å². The minimum absolute atomic E-state index is 0.637. The Hall–Kier alpha value is -1.22. The molecular weight excluding hydrogens is 324 g/mol. The van der Waals surface area contributed by atoms with Gasteiger partial charge in [0, 0.05) is 11.5 Å². The lowest BCUT2D eigenvalue weighted by Gasteiger charge is -2.36. The highest BCUT2D eigenvalue weighted by molar-refractivity contribution is 5.36. The van der Waals surface area contributed by atoms with Gasteiger partial charge in [-0.1, -0.05) is 69.9 Å². The molecule has 0 atom stereocenters. The molecule has 0 unspecified atom stereocenters. The highest BCUT2D eigenvalue weighted by Gasteiger charge is 2.29. The van der Waals surface area contributed by atoms with Crippen LogP contribution in [0.5, 0.6) is 0 Å². The van der Waals surface area contributed by atoms with Crippen molar-refractivity contribution >= 4 is 0 Å². The summed E-state index contributed by atoms with van der Waals surface area (Å²) in [6.45, 7) is 4.71. The van der Waals surface area contributed by atoms with Gasteiger partial charge in [0.25, 0.3) is 0 Å². The van der Waals surface area contributed by atoms with Crippen LogP contribution in [0.25, 0.3) is 0 Å². The number of hydrogen-bond donors (Lipinski definition) is 0. The molecule has 27 heavy (non-hydrogen) atoms. The van der Waals surface area contributed by atoms with Gasteiger partial charge in [0.1, 0.15) is 0 Å². The van der Waals surface area contributed by atoms with Gasteiger partial charge in [-0.15, -0.1) is 0 Å². The lowest BCUT2D eigenvalue weighted by atomic mass is 9.69. The Morgan fingerprint density at radius 1 is 0.778 bits per heavy atom. The third-order valence-electron chi connectivity index (χ3n) is 7.19. The van der Waals surface area contributed by atoms with Crippen molar-refractivity contribution in [3.8, 4) is 11.8 Å². The molecule has 0 saturated heterocycles. The molecule has 2 saturated carbocycles. The summed E-state index contributed by atoms with van der Waals surface area (Å²) in [5, 5.41) is 0. The highest BCUT2D eigenvalue weighted by atomic mass is 14.3. The predicted molar refractivity (Wildman–Crippen MR) is 118 cm³/mol. The predicted octanol–water partition coefficient (Wildman–Crippen LogP) is 7.79. The van der Waals surface area contributed by atoms with Crippen LogP contribution in [0.1, 0.15) is 102 Å². The smallest absolute Gasteiger partial charge is 0.0245 e. The fourth-order valence-electron chi connectivity index (χ4n) is 5.19. The minimum Gasteiger partial charge on any atom is -0.0945 e. The number of unbranched alkanes of at least 4 members (excludes halogenated alkanes) is 3. The van der Waals surface area contributed by atoms with E-state index in [1.54, 1.807) is 0 Å². The first-order chi connectivity index (χ1) is 13.2. The molecule has 1 aromatic rings. The van der Waals surface area contributed by atoms with Crippen molar-refractivity contribution in [1.29, 1.82) is 0 Å². The maximum Gasteiger partial charge on any atom is 0.0245 e. The summed E-state index contributed by atoms with van der Waals surface area (Å²) >= 11 is 0. The Kier molecular flexibility index (Phi) is 8.32. The summed E-state index contributed by atoms with van der Waals surface area (Å²) in [5.41, 5.74) is 2.68. The molecule has 148 valence electrons. The quantitative estimate of drug-likeness (QED) is 0.357. The average Bonchev–Trinajstić information content (AvgIpc) is 2.72. The largest absolute Gasteiger partial charge is 0.0945 e. The number of aryl methyl sites for hydroxylation is 1. The molecule has 0 aliphatic heterocycles. The van der Waals surface area contributed by atoms with Crippen LogP contribution in [0.3, 0.4) is 0 Å². The summed E-state index contributed by atoms with van der Waals surface area (Å²) < 4.78 is 0. The van der Waals surface area contributed by atoms with Gasteiger partial charge in [0.15, 0.2) is 0 Å². The van der Waals surface area contributed by atoms with E-state index in [1.807, 2.05) is 0 Å². The molecule has 0 heterocycles. The number of benzene rings is 1. The van der Waals surface area contributed by atoms with E-state index in [-0.39, 0.29) is 0 Å². The van der Waals surface area contributed by atoms with Crippen molar-refractivity contribution in [2.75, 3.05) is 0 Å². The standard InChI is InChI=1S/C27H40/c1-3-4-5-6-7-23-10-12-24(13-11-23)14-15-25-16-20-27(21-17-25)26-18-8-22(2)9-19-26/h10-13,22,25-27H,3-9,16-21H2,1-2H3/t22-,25-,26-,27-. The van der Waals surface area contributed by atoms with Crippen LogP contribution in [-0.4, -0.2) is 0 Å². The summed E-state index contributed by atoms with van der Waals surface area (Å²) in [5.74, 6) is 10.7. The third kappa shape index (κ3) is 6.71. The monoisotopic (exact) mass is 364 g/mol. The molecular formula is C27H40. The fourth-order valence-corrected chi connectivity index (χ4v) is 5.19. The molecule has 0 radical (unpaired) electrons. The van der Waals surface area contributed by atoms with E-state index in [9.17, 15) is 0 Å². The second-order valence-electron chi connectivity index (χ2n) is 9.41. The van der Waals surface area contributed by atoms with E-state index in [0.29, 0.717) is 5.92 Å². The van der Waals surface area contributed by atoms with E-state index < -0.39 is 0 Å². The van der Waals surface area contributed by atoms with Crippen molar-refractivity contribution in [3.05, 3.63) is 35.4 Å². The van der Waals surface area contributed by atoms with Gasteiger partial charge in [-0.05, 0) is 86.8 Å². The normalized spacial score (nSPS) is 28.4. The van der Waals surface area contributed by atoms with Gasteiger partial charge in [-0.25, -0.2) is 0 Å². The lowest BCUT2D eigenvalue weighted by molar-refractivity contribution is 0.162. The van der Waals surface area contributed by atoms with Gasteiger partial charge in [0.2, 0.25) is 0 Å². The van der Waals surface area contributed by atoms with E-state index in [2.05, 4.69) is 50.0 Å². The van der Waals surface area contributed by atoms with E-state index in [0.717, 1.165) is 17.8 Å². The maximum atomic E-state index is 3.60. The second kappa shape index (κ2) is 10.9. The Morgan fingerprint density at radius 2 is 1.41 bits per heavy atom. The van der Waals surface area contributed by atoms with Gasteiger partial charge >= 0.3 is 0 Å². The van der Waals surface area contributed by atoms with Crippen molar-refractivity contribution in [1.82, 2.24) is 0 Å². The Morgan fingerprint density at radius 3 is 2.04 bits per heavy atom. The zero-order chi connectivity index (χ0) is 18.9. The summed E-state index contributed by atoms with van der Waals surface area (Å²) in [6, 6.07) is 9.04. The van der Waals surface area contributed by atoms with Gasteiger partial charge < -0.3 is 0 Å². The highest BCUT2D eigenvalue weighted by Crippen LogP contribution is 2.41. The molecule has 1 aromatic carbocycles. The molecule has 0 N–H and O–H groups in total. The summed E-state index contributed by atoms with van der Waals surface area (Å²) in [6.07, 6.45) is 18.0. The van der Waals surface area contributed by atoms with Gasteiger partial charge in [-0.3, -0.25) is 0 Å². The lowest BCUT2D eigenvalue weighted by Crippen LogP contribution is -2.24. The van der Waals surface area contributed by atoms with Crippen molar-refractivity contribution < 1.29 is 0 Å². The molecule has 0 aromatic heterocycles. The van der Waals surface area contributed by atoms with Crippen LogP contribution < -0.4 is 0 Å². The molecule has 2 aliphatic carbocycles.